The van der Waals surface area contributed by atoms with E-state index in [0.29, 0.717) is 37.9 Å². The molecule has 4 nitrogen and oxygen atoms in total. The molecule has 2 aliphatic rings. The van der Waals surface area contributed by atoms with Crippen LogP contribution in [0.2, 0.25) is 0 Å². The van der Waals surface area contributed by atoms with E-state index in [0.717, 1.165) is 5.56 Å². The molecule has 218 valence electrons. The second-order valence-corrected chi connectivity index (χ2v) is 11.4. The molecule has 0 aliphatic carbocycles. The number of esters is 1. The molecule has 0 N–H and O–H groups in total. The Labute approximate surface area is 229 Å². The first kappa shape index (κ1) is 30.1. The van der Waals surface area contributed by atoms with Crippen molar-refractivity contribution >= 4 is 5.97 Å². The fourth-order valence-electron chi connectivity index (χ4n) is 6.11. The molecule has 10 heteroatoms. The molecule has 0 amide bonds. The Morgan fingerprint density at radius 3 is 2.12 bits per heavy atom. The van der Waals surface area contributed by atoms with Gasteiger partial charge in [-0.1, -0.05) is 36.4 Å². The van der Waals surface area contributed by atoms with Crippen LogP contribution in [-0.4, -0.2) is 35.2 Å². The highest BCUT2D eigenvalue weighted by molar-refractivity contribution is 5.75. The maximum absolute atomic E-state index is 13.4. The van der Waals surface area contributed by atoms with E-state index in [2.05, 4.69) is 11.5 Å². The molecule has 0 aromatic heterocycles. The van der Waals surface area contributed by atoms with E-state index in [1.54, 1.807) is 26.8 Å². The Morgan fingerprint density at radius 2 is 1.60 bits per heavy atom. The summed E-state index contributed by atoms with van der Waals surface area (Å²) in [6.07, 6.45) is -7.50. The Balaban J connectivity index is 1.73. The number of carbonyl (C=O) groups excluding carboxylic acids is 1. The van der Waals surface area contributed by atoms with Gasteiger partial charge < -0.3 is 9.47 Å². The first-order valence-corrected chi connectivity index (χ1v) is 13.1. The van der Waals surface area contributed by atoms with E-state index in [4.69, 9.17) is 9.47 Å². The average Bonchev–Trinajstić information content (AvgIpc) is 3.07. The van der Waals surface area contributed by atoms with Crippen molar-refractivity contribution in [3.63, 3.8) is 0 Å². The van der Waals surface area contributed by atoms with Crippen LogP contribution < -0.4 is 0 Å². The lowest BCUT2D eigenvalue weighted by Gasteiger charge is -2.49. The molecule has 2 saturated heterocycles. The lowest BCUT2D eigenvalue weighted by atomic mass is 9.78. The van der Waals surface area contributed by atoms with Crippen molar-refractivity contribution in [2.75, 3.05) is 6.54 Å². The third-order valence-corrected chi connectivity index (χ3v) is 7.57. The molecule has 0 saturated carbocycles. The van der Waals surface area contributed by atoms with Gasteiger partial charge in [0.05, 0.1) is 35.3 Å². The second kappa shape index (κ2) is 10.9. The highest BCUT2D eigenvalue weighted by atomic mass is 19.4. The van der Waals surface area contributed by atoms with Gasteiger partial charge >= 0.3 is 18.3 Å². The molecular weight excluding hydrogens is 536 g/mol. The molecule has 2 heterocycles. The summed E-state index contributed by atoms with van der Waals surface area (Å²) in [7, 11) is 0. The van der Waals surface area contributed by atoms with Crippen molar-refractivity contribution in [2.45, 2.75) is 82.3 Å². The number of piperidine rings is 1. The average molecular weight is 570 g/mol. The third-order valence-electron chi connectivity index (χ3n) is 7.57. The van der Waals surface area contributed by atoms with Crippen LogP contribution in [0, 0.1) is 5.92 Å². The summed E-state index contributed by atoms with van der Waals surface area (Å²) in [4.78, 5) is 15.5. The topological polar surface area (TPSA) is 38.8 Å². The lowest BCUT2D eigenvalue weighted by molar-refractivity contribution is -0.161. The number of hydrogen-bond donors (Lipinski definition) is 0. The number of hydrogen-bond acceptors (Lipinski definition) is 4. The van der Waals surface area contributed by atoms with Gasteiger partial charge in [0.25, 0.3) is 0 Å². The Bertz CT molecular complexity index is 1190. The molecule has 2 aliphatic heterocycles. The summed E-state index contributed by atoms with van der Waals surface area (Å²) in [5, 5.41) is 0. The summed E-state index contributed by atoms with van der Waals surface area (Å²) in [5.74, 6) is -0.851. The standard InChI is InChI=1S/C30H33F6NO3/c1-5-13-37-24-11-12-25(39-18-19-14-21(29(31,32)33)16-22(15-19)30(34,35)36)28(37,20-9-7-6-8-10-20)17-23(24)26(38)40-27(2,3)4/h5-10,14-16,23-25H,1,11-13,17-18H2,2-4H3/t23?,24-,25+,28+/m0/s1. The van der Waals surface area contributed by atoms with Crippen LogP contribution in [0.1, 0.15) is 62.3 Å². The number of benzene rings is 2. The van der Waals surface area contributed by atoms with Crippen LogP contribution in [0.4, 0.5) is 26.3 Å². The van der Waals surface area contributed by atoms with Gasteiger partial charge in [-0.05, 0) is 69.4 Å². The Morgan fingerprint density at radius 1 is 1.00 bits per heavy atom. The van der Waals surface area contributed by atoms with E-state index >= 15 is 0 Å². The number of alkyl halides is 6. The quantitative estimate of drug-likeness (QED) is 0.197. The van der Waals surface area contributed by atoms with E-state index in [1.165, 1.54) is 0 Å². The van der Waals surface area contributed by atoms with Crippen LogP contribution in [0.15, 0.2) is 61.2 Å². The number of carbonyl (C=O) groups is 1. The fourth-order valence-corrected chi connectivity index (χ4v) is 6.11. The molecular formula is C30H33F6NO3. The number of ether oxygens (including phenoxy) is 2. The van der Waals surface area contributed by atoms with Gasteiger partial charge in [0.1, 0.15) is 5.60 Å². The summed E-state index contributed by atoms with van der Waals surface area (Å²) in [5.41, 5.74) is -3.73. The molecule has 2 bridgehead atoms. The number of rotatable bonds is 7. The van der Waals surface area contributed by atoms with Gasteiger partial charge in [-0.25, -0.2) is 0 Å². The molecule has 1 unspecified atom stereocenters. The van der Waals surface area contributed by atoms with E-state index in [-0.39, 0.29) is 23.6 Å². The molecule has 2 aromatic carbocycles. The van der Waals surface area contributed by atoms with Crippen LogP contribution in [0.25, 0.3) is 0 Å². The summed E-state index contributed by atoms with van der Waals surface area (Å²) in [6.45, 7) is 9.18. The van der Waals surface area contributed by atoms with Crippen molar-refractivity contribution in [3.8, 4) is 0 Å². The zero-order chi connectivity index (χ0) is 29.5. The Hall–Kier alpha value is -2.85. The minimum Gasteiger partial charge on any atom is -0.460 e. The molecule has 2 aromatic rings. The van der Waals surface area contributed by atoms with Crippen molar-refractivity contribution in [2.24, 2.45) is 5.92 Å². The highest BCUT2D eigenvalue weighted by Gasteiger charge is 2.61. The summed E-state index contributed by atoms with van der Waals surface area (Å²) < 4.78 is 92.6. The molecule has 4 atom stereocenters. The van der Waals surface area contributed by atoms with Crippen molar-refractivity contribution in [1.82, 2.24) is 4.90 Å². The summed E-state index contributed by atoms with van der Waals surface area (Å²) >= 11 is 0. The van der Waals surface area contributed by atoms with Gasteiger partial charge in [0.15, 0.2) is 0 Å². The van der Waals surface area contributed by atoms with Gasteiger partial charge in [-0.3, -0.25) is 9.69 Å². The minimum absolute atomic E-state index is 0.106. The zero-order valence-electron chi connectivity index (χ0n) is 22.6. The van der Waals surface area contributed by atoms with Crippen LogP contribution in [-0.2, 0) is 38.8 Å². The van der Waals surface area contributed by atoms with Gasteiger partial charge in [-0.15, -0.1) is 6.58 Å². The molecule has 2 fully saturated rings. The number of nitrogens with zero attached hydrogens (tertiary/aromatic N) is 1. The monoisotopic (exact) mass is 569 g/mol. The lowest BCUT2D eigenvalue weighted by Crippen LogP contribution is -2.57. The molecule has 0 spiro atoms. The van der Waals surface area contributed by atoms with E-state index in [1.807, 2.05) is 30.3 Å². The zero-order valence-corrected chi connectivity index (χ0v) is 22.6. The van der Waals surface area contributed by atoms with Crippen molar-refractivity contribution < 1.29 is 40.6 Å². The predicted molar refractivity (Wildman–Crippen MR) is 137 cm³/mol. The highest BCUT2D eigenvalue weighted by Crippen LogP contribution is 2.55. The van der Waals surface area contributed by atoms with Crippen LogP contribution >= 0.6 is 0 Å². The number of halogens is 6. The molecule has 40 heavy (non-hydrogen) atoms. The Kier molecular flexibility index (Phi) is 8.17. The maximum Gasteiger partial charge on any atom is 0.416 e. The minimum atomic E-state index is -4.95. The maximum atomic E-state index is 13.4. The van der Waals surface area contributed by atoms with Gasteiger partial charge in [0.2, 0.25) is 0 Å². The van der Waals surface area contributed by atoms with Crippen molar-refractivity contribution in [3.05, 3.63) is 83.4 Å². The number of fused-ring (bicyclic) bond motifs is 2. The van der Waals surface area contributed by atoms with E-state index in [9.17, 15) is 31.1 Å². The fraction of sp³-hybridized carbons (Fsp3) is 0.500. The van der Waals surface area contributed by atoms with Crippen molar-refractivity contribution in [1.29, 1.82) is 0 Å². The molecule has 0 radical (unpaired) electrons. The normalized spacial score (nSPS) is 25.6. The first-order valence-electron chi connectivity index (χ1n) is 13.1. The third kappa shape index (κ3) is 6.07. The van der Waals surface area contributed by atoms with E-state index < -0.39 is 53.2 Å². The van der Waals surface area contributed by atoms with Crippen LogP contribution in [0.5, 0.6) is 0 Å². The SMILES string of the molecule is C=CCN1[C@H]2CC[C@@H](OCc3cc(C(F)(F)F)cc(C(F)(F)F)c3)[C@]1(c1ccccc1)CC2C(=O)OC(C)(C)C. The van der Waals surface area contributed by atoms with Crippen LogP contribution in [0.3, 0.4) is 0 Å². The van der Waals surface area contributed by atoms with Gasteiger partial charge in [-0.2, -0.15) is 26.3 Å². The second-order valence-electron chi connectivity index (χ2n) is 11.4. The first-order chi connectivity index (χ1) is 18.6. The largest absolute Gasteiger partial charge is 0.460 e. The smallest absolute Gasteiger partial charge is 0.416 e. The molecule has 4 rings (SSSR count). The van der Waals surface area contributed by atoms with Gasteiger partial charge in [0, 0.05) is 12.6 Å². The predicted octanol–water partition coefficient (Wildman–Crippen LogP) is 7.52. The summed E-state index contributed by atoms with van der Waals surface area (Å²) in [6, 6.07) is 10.6.